The van der Waals surface area contributed by atoms with Gasteiger partial charge in [0.2, 0.25) is 5.91 Å². The first-order valence-corrected chi connectivity index (χ1v) is 8.10. The van der Waals surface area contributed by atoms with Crippen molar-refractivity contribution in [3.8, 4) is 0 Å². The monoisotopic (exact) mass is 341 g/mol. The summed E-state index contributed by atoms with van der Waals surface area (Å²) in [7, 11) is 1.31. The molecule has 2 aromatic carbocycles. The van der Waals surface area contributed by atoms with E-state index in [2.05, 4.69) is 0 Å². The fourth-order valence-electron chi connectivity index (χ4n) is 2.61. The zero-order valence-electron chi connectivity index (χ0n) is 13.5. The molecule has 1 amide bonds. The Morgan fingerprint density at radius 3 is 1.96 bits per heavy atom. The molecule has 5 nitrogen and oxygen atoms in total. The van der Waals surface area contributed by atoms with E-state index in [1.165, 1.54) is 37.6 Å². The molecule has 0 bridgehead atoms. The van der Waals surface area contributed by atoms with E-state index in [4.69, 9.17) is 4.74 Å². The van der Waals surface area contributed by atoms with Gasteiger partial charge in [-0.3, -0.25) is 14.5 Å². The number of anilines is 2. The number of amides is 1. The molecular weight excluding hydrogens is 326 g/mol. The highest BCUT2D eigenvalue weighted by atomic mass is 32.2. The number of fused-ring (bicyclic) bond motifs is 2. The van der Waals surface area contributed by atoms with Gasteiger partial charge in [0.05, 0.1) is 24.0 Å². The molecule has 0 spiro atoms. The van der Waals surface area contributed by atoms with Gasteiger partial charge in [-0.1, -0.05) is 17.8 Å². The van der Waals surface area contributed by atoms with Gasteiger partial charge in [-0.15, -0.1) is 0 Å². The lowest BCUT2D eigenvalue weighted by molar-refractivity contribution is -0.115. The van der Waals surface area contributed by atoms with Crippen LogP contribution in [0, 0.1) is 0 Å². The number of rotatable bonds is 2. The Labute approximate surface area is 143 Å². The quantitative estimate of drug-likeness (QED) is 0.614. The minimum atomic E-state index is -0.463. The molecule has 0 saturated carbocycles. The number of benzene rings is 2. The molecule has 1 heterocycles. The summed E-state index contributed by atoms with van der Waals surface area (Å²) in [5.74, 6) is -0.726. The molecule has 122 valence electrons. The molecule has 2 aromatic rings. The summed E-state index contributed by atoms with van der Waals surface area (Å²) in [5, 5.41) is 0. The molecule has 0 atom stereocenters. The minimum Gasteiger partial charge on any atom is -0.465 e. The van der Waals surface area contributed by atoms with Gasteiger partial charge in [0.1, 0.15) is 0 Å². The SMILES string of the molecule is COC(=O)c1ccc2c(c1)N(C(C)=O)c1cc(C(C)=O)ccc1S2. The Hall–Kier alpha value is -2.60. The van der Waals surface area contributed by atoms with E-state index in [-0.39, 0.29) is 11.7 Å². The van der Waals surface area contributed by atoms with E-state index in [1.54, 1.807) is 30.3 Å². The second kappa shape index (κ2) is 6.13. The van der Waals surface area contributed by atoms with Crippen molar-refractivity contribution in [3.63, 3.8) is 0 Å². The third-order valence-electron chi connectivity index (χ3n) is 3.76. The number of Topliss-reactive ketones (excluding diaryl/α,β-unsaturated/α-hetero) is 1. The number of methoxy groups -OCH3 is 1. The van der Waals surface area contributed by atoms with E-state index in [9.17, 15) is 14.4 Å². The first-order valence-electron chi connectivity index (χ1n) is 7.28. The van der Waals surface area contributed by atoms with Gasteiger partial charge in [0.15, 0.2) is 5.78 Å². The average molecular weight is 341 g/mol. The first-order chi connectivity index (χ1) is 11.4. The second-order valence-corrected chi connectivity index (χ2v) is 6.45. The van der Waals surface area contributed by atoms with Gasteiger partial charge in [-0.05, 0) is 37.3 Å². The number of esters is 1. The molecule has 0 fully saturated rings. The van der Waals surface area contributed by atoms with Crippen molar-refractivity contribution < 1.29 is 19.1 Å². The molecule has 0 N–H and O–H groups in total. The number of carbonyl (C=O) groups excluding carboxylic acids is 3. The van der Waals surface area contributed by atoms with Crippen LogP contribution in [0.5, 0.6) is 0 Å². The molecule has 0 unspecified atom stereocenters. The molecule has 0 radical (unpaired) electrons. The average Bonchev–Trinajstić information content (AvgIpc) is 2.57. The third-order valence-corrected chi connectivity index (χ3v) is 4.89. The van der Waals surface area contributed by atoms with Crippen LogP contribution in [0.25, 0.3) is 0 Å². The maximum absolute atomic E-state index is 12.3. The number of carbonyl (C=O) groups is 3. The van der Waals surface area contributed by atoms with Gasteiger partial charge >= 0.3 is 5.97 Å². The van der Waals surface area contributed by atoms with Gasteiger partial charge in [-0.2, -0.15) is 0 Å². The van der Waals surface area contributed by atoms with Crippen LogP contribution in [0.4, 0.5) is 11.4 Å². The molecule has 1 aliphatic heterocycles. The summed E-state index contributed by atoms with van der Waals surface area (Å²) in [5.41, 5.74) is 2.17. The second-order valence-electron chi connectivity index (χ2n) is 5.37. The Morgan fingerprint density at radius 1 is 0.917 bits per heavy atom. The van der Waals surface area contributed by atoms with E-state index in [1.807, 2.05) is 6.07 Å². The Kier molecular flexibility index (Phi) is 4.15. The van der Waals surface area contributed by atoms with Crippen LogP contribution in [-0.4, -0.2) is 24.8 Å². The van der Waals surface area contributed by atoms with Crippen LogP contribution in [0.3, 0.4) is 0 Å². The minimum absolute atomic E-state index is 0.0691. The maximum Gasteiger partial charge on any atom is 0.337 e. The number of hydrogen-bond donors (Lipinski definition) is 0. The highest BCUT2D eigenvalue weighted by molar-refractivity contribution is 7.99. The topological polar surface area (TPSA) is 63.7 Å². The number of ketones is 1. The van der Waals surface area contributed by atoms with Crippen LogP contribution in [0.2, 0.25) is 0 Å². The van der Waals surface area contributed by atoms with E-state index < -0.39 is 5.97 Å². The predicted molar refractivity (Wildman–Crippen MR) is 91.2 cm³/mol. The highest BCUT2D eigenvalue weighted by Crippen LogP contribution is 2.48. The lowest BCUT2D eigenvalue weighted by atomic mass is 10.1. The first kappa shape index (κ1) is 16.3. The highest BCUT2D eigenvalue weighted by Gasteiger charge is 2.28. The van der Waals surface area contributed by atoms with Crippen molar-refractivity contribution in [2.75, 3.05) is 12.0 Å². The number of ether oxygens (including phenoxy) is 1. The molecule has 0 aliphatic carbocycles. The number of hydrogen-bond acceptors (Lipinski definition) is 5. The van der Waals surface area contributed by atoms with Crippen LogP contribution in [-0.2, 0) is 9.53 Å². The van der Waals surface area contributed by atoms with E-state index >= 15 is 0 Å². The van der Waals surface area contributed by atoms with Gasteiger partial charge in [-0.25, -0.2) is 4.79 Å². The zero-order chi connectivity index (χ0) is 17.4. The third kappa shape index (κ3) is 2.69. The molecule has 6 heteroatoms. The molecule has 0 saturated heterocycles. The normalized spacial score (nSPS) is 12.2. The van der Waals surface area contributed by atoms with Gasteiger partial charge < -0.3 is 4.74 Å². The summed E-state index contributed by atoms with van der Waals surface area (Å²) in [6.07, 6.45) is 0. The summed E-state index contributed by atoms with van der Waals surface area (Å²) in [6.45, 7) is 2.94. The van der Waals surface area contributed by atoms with E-state index in [0.29, 0.717) is 22.5 Å². The van der Waals surface area contributed by atoms with Crippen molar-refractivity contribution in [1.82, 2.24) is 0 Å². The summed E-state index contributed by atoms with van der Waals surface area (Å²) >= 11 is 1.49. The summed E-state index contributed by atoms with van der Waals surface area (Å²) in [4.78, 5) is 39.0. The summed E-state index contributed by atoms with van der Waals surface area (Å²) in [6, 6.07) is 10.4. The van der Waals surface area contributed by atoms with Crippen LogP contribution in [0.15, 0.2) is 46.2 Å². The molecule has 1 aliphatic rings. The van der Waals surface area contributed by atoms with Crippen molar-refractivity contribution >= 4 is 40.8 Å². The fraction of sp³-hybridized carbons (Fsp3) is 0.167. The Bertz CT molecular complexity index is 875. The molecule has 24 heavy (non-hydrogen) atoms. The van der Waals surface area contributed by atoms with Gasteiger partial charge in [0, 0.05) is 22.3 Å². The van der Waals surface area contributed by atoms with E-state index in [0.717, 1.165) is 9.79 Å². The zero-order valence-corrected chi connectivity index (χ0v) is 14.3. The summed E-state index contributed by atoms with van der Waals surface area (Å²) < 4.78 is 4.75. The van der Waals surface area contributed by atoms with Crippen molar-refractivity contribution in [1.29, 1.82) is 0 Å². The van der Waals surface area contributed by atoms with Crippen molar-refractivity contribution in [2.24, 2.45) is 0 Å². The van der Waals surface area contributed by atoms with Gasteiger partial charge in [0.25, 0.3) is 0 Å². The smallest absolute Gasteiger partial charge is 0.337 e. The maximum atomic E-state index is 12.3. The van der Waals surface area contributed by atoms with Crippen molar-refractivity contribution in [3.05, 3.63) is 47.5 Å². The lowest BCUT2D eigenvalue weighted by Gasteiger charge is -2.30. The fourth-order valence-corrected chi connectivity index (χ4v) is 3.63. The Balaban J connectivity index is 2.18. The molecular formula is C18H15NO4S. The van der Waals surface area contributed by atoms with Crippen LogP contribution in [0.1, 0.15) is 34.6 Å². The molecule has 3 rings (SSSR count). The Morgan fingerprint density at radius 2 is 1.46 bits per heavy atom. The largest absolute Gasteiger partial charge is 0.465 e. The molecule has 0 aromatic heterocycles. The van der Waals surface area contributed by atoms with Crippen LogP contribution < -0.4 is 4.90 Å². The standard InChI is InChI=1S/C18H15NO4S/c1-10(20)12-4-6-16-14(8-12)19(11(2)21)15-9-13(18(22)23-3)5-7-17(15)24-16/h4-9H,1-3H3. The number of nitrogens with zero attached hydrogens (tertiary/aromatic N) is 1. The predicted octanol–water partition coefficient (Wildman–Crippen LogP) is 3.83. The van der Waals surface area contributed by atoms with Crippen molar-refractivity contribution in [2.45, 2.75) is 23.6 Å². The lowest BCUT2D eigenvalue weighted by Crippen LogP contribution is -2.26. The van der Waals surface area contributed by atoms with Crippen LogP contribution >= 0.6 is 11.8 Å².